The Morgan fingerprint density at radius 3 is 2.15 bits per heavy atom. The Hall–Kier alpha value is -2.98. The van der Waals surface area contributed by atoms with Crippen LogP contribution in [0, 0.1) is 0 Å². The highest BCUT2D eigenvalue weighted by Crippen LogP contribution is 2.24. The first-order valence-electron chi connectivity index (χ1n) is 10.7. The molecule has 34 heavy (non-hydrogen) atoms. The van der Waals surface area contributed by atoms with Gasteiger partial charge in [-0.2, -0.15) is 0 Å². The van der Waals surface area contributed by atoms with Gasteiger partial charge in [0.1, 0.15) is 17.2 Å². The molecule has 1 aromatic carbocycles. The molecular formula is C24H31N3O5S2. The number of benzene rings is 1. The maximum atomic E-state index is 12.7. The van der Waals surface area contributed by atoms with Crippen molar-refractivity contribution in [3.63, 3.8) is 0 Å². The van der Waals surface area contributed by atoms with E-state index in [2.05, 4.69) is 16.0 Å². The third kappa shape index (κ3) is 9.88. The van der Waals surface area contributed by atoms with Gasteiger partial charge < -0.3 is 20.1 Å². The van der Waals surface area contributed by atoms with Crippen LogP contribution in [0.2, 0.25) is 0 Å². The van der Waals surface area contributed by atoms with Gasteiger partial charge in [0, 0.05) is 16.9 Å². The lowest BCUT2D eigenvalue weighted by molar-refractivity contribution is -0.157. The highest BCUT2D eigenvalue weighted by Gasteiger charge is 2.29. The first-order valence-corrected chi connectivity index (χ1v) is 11.9. The van der Waals surface area contributed by atoms with Crippen LogP contribution in [0.5, 0.6) is 0 Å². The van der Waals surface area contributed by atoms with Crippen molar-refractivity contribution in [2.24, 2.45) is 0 Å². The zero-order chi connectivity index (χ0) is 25.5. The van der Waals surface area contributed by atoms with E-state index in [1.54, 1.807) is 71.9 Å². The van der Waals surface area contributed by atoms with Gasteiger partial charge in [0.05, 0.1) is 5.00 Å². The minimum atomic E-state index is -0.940. The summed E-state index contributed by atoms with van der Waals surface area (Å²) in [5.74, 6) is -0.881. The van der Waals surface area contributed by atoms with Gasteiger partial charge in [-0.05, 0) is 78.0 Å². The van der Waals surface area contributed by atoms with E-state index in [-0.39, 0.29) is 17.4 Å². The molecule has 0 bridgehead atoms. The van der Waals surface area contributed by atoms with Crippen molar-refractivity contribution in [2.45, 2.75) is 65.2 Å². The van der Waals surface area contributed by atoms with Crippen LogP contribution in [0.1, 0.15) is 56.8 Å². The van der Waals surface area contributed by atoms with Crippen LogP contribution in [0.4, 0.5) is 9.80 Å². The van der Waals surface area contributed by atoms with Crippen molar-refractivity contribution < 1.29 is 23.9 Å². The smallest absolute Gasteiger partial charge is 0.408 e. The topological polar surface area (TPSA) is 106 Å². The Balaban J connectivity index is 2.04. The van der Waals surface area contributed by atoms with Crippen molar-refractivity contribution in [3.05, 3.63) is 52.9 Å². The van der Waals surface area contributed by atoms with E-state index in [9.17, 15) is 14.4 Å². The number of rotatable bonds is 6. The van der Waals surface area contributed by atoms with Crippen molar-refractivity contribution in [1.29, 1.82) is 0 Å². The van der Waals surface area contributed by atoms with Crippen molar-refractivity contribution >= 4 is 51.6 Å². The number of amides is 2. The summed E-state index contributed by atoms with van der Waals surface area (Å²) in [6.07, 6.45) is -0.507. The predicted octanol–water partition coefficient (Wildman–Crippen LogP) is 4.65. The second kappa shape index (κ2) is 11.4. The fourth-order valence-corrected chi connectivity index (χ4v) is 3.90. The summed E-state index contributed by atoms with van der Waals surface area (Å²) in [7, 11) is 0. The number of anilines is 1. The molecule has 3 N–H and O–H groups in total. The Morgan fingerprint density at radius 2 is 1.56 bits per heavy atom. The van der Waals surface area contributed by atoms with Gasteiger partial charge in [-0.3, -0.25) is 10.1 Å². The van der Waals surface area contributed by atoms with E-state index < -0.39 is 29.3 Å². The van der Waals surface area contributed by atoms with E-state index >= 15 is 0 Å². The van der Waals surface area contributed by atoms with E-state index in [0.29, 0.717) is 10.6 Å². The van der Waals surface area contributed by atoms with Gasteiger partial charge in [-0.1, -0.05) is 18.2 Å². The molecule has 10 heteroatoms. The third-order valence-electron chi connectivity index (χ3n) is 3.95. The molecule has 0 aliphatic heterocycles. The van der Waals surface area contributed by atoms with Crippen LogP contribution in [-0.2, 0) is 20.7 Å². The Bertz CT molecular complexity index is 1020. The molecule has 0 radical (unpaired) electrons. The number of nitrogens with one attached hydrogen (secondary N) is 3. The van der Waals surface area contributed by atoms with Gasteiger partial charge in [0.25, 0.3) is 5.91 Å². The molecule has 1 aromatic heterocycles. The van der Waals surface area contributed by atoms with E-state index in [0.717, 1.165) is 4.88 Å². The van der Waals surface area contributed by atoms with Gasteiger partial charge in [-0.25, -0.2) is 9.59 Å². The number of carbonyl (C=O) groups is 3. The molecule has 2 aromatic rings. The highest BCUT2D eigenvalue weighted by atomic mass is 32.1. The van der Waals surface area contributed by atoms with E-state index in [1.807, 2.05) is 12.1 Å². The Labute approximate surface area is 209 Å². The molecule has 2 amide bonds. The van der Waals surface area contributed by atoms with Gasteiger partial charge in [-0.15, -0.1) is 11.3 Å². The molecule has 0 saturated heterocycles. The van der Waals surface area contributed by atoms with E-state index in [4.69, 9.17) is 21.7 Å². The molecule has 0 aliphatic carbocycles. The second-order valence-electron chi connectivity index (χ2n) is 9.48. The number of alkyl carbamates (subject to hydrolysis) is 1. The molecule has 0 aliphatic rings. The largest absolute Gasteiger partial charge is 0.458 e. The van der Waals surface area contributed by atoms with Crippen molar-refractivity contribution in [2.75, 3.05) is 5.32 Å². The normalized spacial score (nSPS) is 12.3. The quantitative estimate of drug-likeness (QED) is 0.388. The average Bonchev–Trinajstić information content (AvgIpc) is 3.12. The number of esters is 1. The number of thiophene rings is 1. The summed E-state index contributed by atoms with van der Waals surface area (Å²) in [5.41, 5.74) is -0.925. The SMILES string of the molecule is CC(C)(C)OC(=O)NC(Cc1ccc(NC(=S)NC(=O)c2ccccc2)s1)C(=O)OC(C)(C)C. The lowest BCUT2D eigenvalue weighted by atomic mass is 10.1. The number of ether oxygens (including phenoxy) is 2. The van der Waals surface area contributed by atoms with Crippen LogP contribution in [0.15, 0.2) is 42.5 Å². The molecule has 0 spiro atoms. The van der Waals surface area contributed by atoms with Crippen LogP contribution in [0.25, 0.3) is 0 Å². The number of hydrogen-bond acceptors (Lipinski definition) is 7. The lowest BCUT2D eigenvalue weighted by Gasteiger charge is -2.26. The summed E-state index contributed by atoms with van der Waals surface area (Å²) in [4.78, 5) is 38.1. The van der Waals surface area contributed by atoms with Crippen molar-refractivity contribution in [3.8, 4) is 0 Å². The predicted molar refractivity (Wildman–Crippen MR) is 137 cm³/mol. The number of hydrogen-bond donors (Lipinski definition) is 3. The maximum Gasteiger partial charge on any atom is 0.408 e. The molecule has 0 fully saturated rings. The summed E-state index contributed by atoms with van der Waals surface area (Å²) in [5, 5.41) is 9.02. The molecule has 0 saturated carbocycles. The first kappa shape index (κ1) is 27.3. The van der Waals surface area contributed by atoms with Crippen LogP contribution in [-0.4, -0.2) is 40.3 Å². The monoisotopic (exact) mass is 505 g/mol. The van der Waals surface area contributed by atoms with Gasteiger partial charge in [0.15, 0.2) is 5.11 Å². The minimum absolute atomic E-state index is 0.151. The van der Waals surface area contributed by atoms with Crippen molar-refractivity contribution in [1.82, 2.24) is 10.6 Å². The fourth-order valence-electron chi connectivity index (χ4n) is 2.68. The minimum Gasteiger partial charge on any atom is -0.458 e. The highest BCUT2D eigenvalue weighted by molar-refractivity contribution is 7.80. The number of carbonyl (C=O) groups excluding carboxylic acids is 3. The standard InChI is InChI=1S/C24H31N3O5S2/c1-23(2,3)31-20(29)17(25-22(30)32-24(4,5)6)14-16-12-13-18(34-16)26-21(33)27-19(28)15-10-8-7-9-11-15/h7-13,17H,14H2,1-6H3,(H,25,30)(H2,26,27,28,33). The molecule has 1 heterocycles. The summed E-state index contributed by atoms with van der Waals surface area (Å²) in [6.45, 7) is 10.5. The maximum absolute atomic E-state index is 12.7. The van der Waals surface area contributed by atoms with Gasteiger partial charge >= 0.3 is 12.1 Å². The van der Waals surface area contributed by atoms with Gasteiger partial charge in [0.2, 0.25) is 0 Å². The number of thiocarbonyl (C=S) groups is 1. The Kier molecular flexibility index (Phi) is 9.17. The van der Waals surface area contributed by atoms with Crippen LogP contribution < -0.4 is 16.0 Å². The molecule has 1 unspecified atom stereocenters. The molecular weight excluding hydrogens is 474 g/mol. The van der Waals surface area contributed by atoms with Crippen LogP contribution in [0.3, 0.4) is 0 Å². The summed E-state index contributed by atoms with van der Waals surface area (Å²) >= 11 is 6.57. The Morgan fingerprint density at radius 1 is 0.941 bits per heavy atom. The molecule has 184 valence electrons. The average molecular weight is 506 g/mol. The van der Waals surface area contributed by atoms with Crippen LogP contribution >= 0.6 is 23.6 Å². The molecule has 2 rings (SSSR count). The molecule has 8 nitrogen and oxygen atoms in total. The first-order chi connectivity index (χ1) is 15.7. The van der Waals surface area contributed by atoms with E-state index in [1.165, 1.54) is 11.3 Å². The third-order valence-corrected chi connectivity index (χ3v) is 5.18. The zero-order valence-corrected chi connectivity index (χ0v) is 21.8. The summed E-state index contributed by atoms with van der Waals surface area (Å²) < 4.78 is 10.8. The zero-order valence-electron chi connectivity index (χ0n) is 20.2. The second-order valence-corrected chi connectivity index (χ2v) is 11.1. The summed E-state index contributed by atoms with van der Waals surface area (Å²) in [6, 6.07) is 11.4. The fraction of sp³-hybridized carbons (Fsp3) is 0.417. The molecule has 1 atom stereocenters. The lowest BCUT2D eigenvalue weighted by Crippen LogP contribution is -2.47.